The number of ether oxygens (including phenoxy) is 1. The van der Waals surface area contributed by atoms with Crippen molar-refractivity contribution >= 4 is 34.0 Å². The van der Waals surface area contributed by atoms with E-state index in [1.54, 1.807) is 13.0 Å². The van der Waals surface area contributed by atoms with E-state index in [0.717, 1.165) is 45.3 Å². The quantitative estimate of drug-likeness (QED) is 0.353. The van der Waals surface area contributed by atoms with Crippen LogP contribution in [0.25, 0.3) is 33.3 Å². The molecule has 8 rings (SSSR count). The van der Waals surface area contributed by atoms with Crippen LogP contribution >= 0.6 is 0 Å². The van der Waals surface area contributed by atoms with Crippen LogP contribution in [0.15, 0.2) is 16.5 Å². The Morgan fingerprint density at radius 1 is 1.14 bits per heavy atom. The molecular formula is C30H31F2N9O2. The third kappa shape index (κ3) is 4.18. The number of piperazine rings is 1. The van der Waals surface area contributed by atoms with Gasteiger partial charge in [0, 0.05) is 55.0 Å². The number of fused-ring (bicyclic) bond motifs is 5. The van der Waals surface area contributed by atoms with Gasteiger partial charge in [-0.05, 0) is 51.3 Å². The van der Waals surface area contributed by atoms with Gasteiger partial charge in [0.2, 0.25) is 0 Å². The largest absolute Gasteiger partial charge is 0.461 e. The molecule has 4 aliphatic rings. The molecule has 3 aromatic heterocycles. The summed E-state index contributed by atoms with van der Waals surface area (Å²) in [6.07, 6.45) is 3.55. The Labute approximate surface area is 246 Å². The highest BCUT2D eigenvalue weighted by Crippen LogP contribution is 2.42. The molecule has 7 heterocycles. The molecule has 2 bridgehead atoms. The van der Waals surface area contributed by atoms with Gasteiger partial charge in [-0.15, -0.1) is 0 Å². The van der Waals surface area contributed by atoms with E-state index in [9.17, 15) is 14.0 Å². The van der Waals surface area contributed by atoms with Crippen LogP contribution in [0.1, 0.15) is 43.4 Å². The van der Waals surface area contributed by atoms with Crippen LogP contribution < -0.4 is 20.7 Å². The highest BCUT2D eigenvalue weighted by molar-refractivity contribution is 6.00. The van der Waals surface area contributed by atoms with Crippen LogP contribution in [0.5, 0.6) is 6.01 Å². The van der Waals surface area contributed by atoms with Crippen LogP contribution in [-0.4, -0.2) is 81.4 Å². The smallest absolute Gasteiger partial charge is 0.319 e. The number of anilines is 2. The third-order valence-electron chi connectivity index (χ3n) is 9.61. The molecule has 1 aromatic carbocycles. The Bertz CT molecular complexity index is 1810. The maximum Gasteiger partial charge on any atom is 0.319 e. The van der Waals surface area contributed by atoms with Crippen LogP contribution in [0.4, 0.5) is 20.6 Å². The Morgan fingerprint density at radius 2 is 1.95 bits per heavy atom. The predicted molar refractivity (Wildman–Crippen MR) is 155 cm³/mol. The molecule has 0 radical (unpaired) electrons. The Kier molecular flexibility index (Phi) is 5.96. The van der Waals surface area contributed by atoms with Gasteiger partial charge >= 0.3 is 6.01 Å². The highest BCUT2D eigenvalue weighted by atomic mass is 19.1. The number of halogens is 2. The summed E-state index contributed by atoms with van der Waals surface area (Å²) in [6.45, 7) is 4.80. The summed E-state index contributed by atoms with van der Waals surface area (Å²) in [5.41, 5.74) is 8.04. The number of hydrogen-bond acceptors (Lipinski definition) is 11. The molecule has 4 aromatic rings. The number of rotatable bonds is 5. The zero-order chi connectivity index (χ0) is 29.5. The summed E-state index contributed by atoms with van der Waals surface area (Å²) in [6, 6.07) is 5.75. The van der Waals surface area contributed by atoms with E-state index in [0.29, 0.717) is 58.7 Å². The highest BCUT2D eigenvalue weighted by Gasteiger charge is 2.49. The zero-order valence-corrected chi connectivity index (χ0v) is 23.7. The topological polar surface area (TPSA) is 142 Å². The molecule has 43 heavy (non-hydrogen) atoms. The molecule has 4 aliphatic heterocycles. The van der Waals surface area contributed by atoms with E-state index in [1.165, 1.54) is 6.07 Å². The number of nitrogen functional groups attached to an aromatic ring is 1. The monoisotopic (exact) mass is 587 g/mol. The van der Waals surface area contributed by atoms with E-state index in [1.807, 2.05) is 0 Å². The number of pyridine rings is 1. The molecule has 2 unspecified atom stereocenters. The van der Waals surface area contributed by atoms with Gasteiger partial charge in [0.1, 0.15) is 35.4 Å². The number of alkyl halides is 1. The molecule has 4 saturated heterocycles. The van der Waals surface area contributed by atoms with E-state index in [-0.39, 0.29) is 40.8 Å². The van der Waals surface area contributed by atoms with Gasteiger partial charge < -0.3 is 25.1 Å². The molecule has 11 nitrogen and oxygen atoms in total. The number of nitrogens with two attached hydrogens (primary N) is 1. The first-order valence-electron chi connectivity index (χ1n) is 14.8. The second-order valence-corrected chi connectivity index (χ2v) is 12.3. The number of nitrogens with zero attached hydrogens (tertiary/aromatic N) is 7. The predicted octanol–water partition coefficient (Wildman–Crippen LogP) is 3.63. The number of benzene rings is 1. The zero-order valence-electron chi connectivity index (χ0n) is 23.7. The molecule has 0 aliphatic carbocycles. The fourth-order valence-electron chi connectivity index (χ4n) is 7.76. The van der Waals surface area contributed by atoms with Gasteiger partial charge in [0.25, 0.3) is 6.01 Å². The number of hydrogen-bond donors (Lipinski definition) is 2. The molecule has 3 N–H and O–H groups in total. The lowest BCUT2D eigenvalue weighted by Gasteiger charge is -2.34. The SMILES string of the molecule is Cc1nc2c(N3CC4CCC(C3)N4)nc(OC[C@@]34CCCN3C[C@H](F)C4)nc2c(C#N)c1-c1ccc(F)c2oc(N)nc12. The van der Waals surface area contributed by atoms with Gasteiger partial charge in [-0.3, -0.25) is 4.90 Å². The van der Waals surface area contributed by atoms with Gasteiger partial charge in [-0.25, -0.2) is 13.8 Å². The summed E-state index contributed by atoms with van der Waals surface area (Å²) in [7, 11) is 0. The molecule has 13 heteroatoms. The first-order chi connectivity index (χ1) is 20.8. The second-order valence-electron chi connectivity index (χ2n) is 12.3. The number of aryl methyl sites for hydroxylation is 1. The summed E-state index contributed by atoms with van der Waals surface area (Å²) in [4.78, 5) is 23.2. The number of nitriles is 1. The molecular weight excluding hydrogens is 556 g/mol. The number of oxazole rings is 1. The van der Waals surface area contributed by atoms with Crippen molar-refractivity contribution in [2.24, 2.45) is 0 Å². The number of aromatic nitrogens is 4. The lowest BCUT2D eigenvalue weighted by Crippen LogP contribution is -2.51. The third-order valence-corrected chi connectivity index (χ3v) is 9.61. The van der Waals surface area contributed by atoms with Gasteiger partial charge in [-0.2, -0.15) is 20.2 Å². The van der Waals surface area contributed by atoms with Gasteiger partial charge in [0.05, 0.1) is 11.1 Å². The van der Waals surface area contributed by atoms with Crippen molar-refractivity contribution in [2.45, 2.75) is 62.8 Å². The average molecular weight is 588 g/mol. The van der Waals surface area contributed by atoms with Crippen LogP contribution in [0.2, 0.25) is 0 Å². The van der Waals surface area contributed by atoms with Gasteiger partial charge in [0.15, 0.2) is 17.2 Å². The van der Waals surface area contributed by atoms with Crippen LogP contribution in [-0.2, 0) is 0 Å². The molecule has 0 saturated carbocycles. The van der Waals surface area contributed by atoms with E-state index in [2.05, 4.69) is 26.2 Å². The first kappa shape index (κ1) is 26.5. The molecule has 0 amide bonds. The van der Waals surface area contributed by atoms with Crippen LogP contribution in [0, 0.1) is 24.1 Å². The standard InChI is InChI=1S/C30H31F2N9O2/c1-15-22(19-5-6-21(32)26-24(19)37-28(34)43-26)20(10-33)23-25(35-15)27(40-12-17-3-4-18(13-40)36-17)39-29(38-23)42-14-30-7-2-8-41(30)11-16(31)9-30/h5-6,16-18,36H,2-4,7-9,11-14H2,1H3,(H2,34,37)/t16-,17?,18?,30+/m1/s1. The number of nitrogens with one attached hydrogen (secondary N) is 1. The summed E-state index contributed by atoms with van der Waals surface area (Å²) in [5.74, 6) is -0.000640. The Balaban J connectivity index is 1.29. The molecule has 0 spiro atoms. The van der Waals surface area contributed by atoms with Crippen LogP contribution in [0.3, 0.4) is 0 Å². The van der Waals surface area contributed by atoms with Gasteiger partial charge in [-0.1, -0.05) is 0 Å². The summed E-state index contributed by atoms with van der Waals surface area (Å²) >= 11 is 0. The lowest BCUT2D eigenvalue weighted by molar-refractivity contribution is 0.107. The Morgan fingerprint density at radius 3 is 2.74 bits per heavy atom. The van der Waals surface area contributed by atoms with E-state index in [4.69, 9.17) is 29.8 Å². The van der Waals surface area contributed by atoms with Crippen molar-refractivity contribution in [2.75, 3.05) is 43.4 Å². The lowest BCUT2D eigenvalue weighted by atomic mass is 9.95. The van der Waals surface area contributed by atoms with E-state index >= 15 is 0 Å². The molecule has 4 fully saturated rings. The van der Waals surface area contributed by atoms with Crippen molar-refractivity contribution in [3.05, 3.63) is 29.2 Å². The van der Waals surface area contributed by atoms with E-state index < -0.39 is 12.0 Å². The summed E-state index contributed by atoms with van der Waals surface area (Å²) in [5, 5.41) is 14.2. The van der Waals surface area contributed by atoms with Crippen molar-refractivity contribution < 1.29 is 17.9 Å². The maximum absolute atomic E-state index is 14.6. The minimum Gasteiger partial charge on any atom is -0.461 e. The first-order valence-corrected chi connectivity index (χ1v) is 14.8. The molecule has 4 atom stereocenters. The maximum atomic E-state index is 14.6. The van der Waals surface area contributed by atoms with Crippen molar-refractivity contribution in [3.8, 4) is 23.2 Å². The molecule has 222 valence electrons. The normalized spacial score (nSPS) is 26.8. The van der Waals surface area contributed by atoms with Crippen molar-refractivity contribution in [3.63, 3.8) is 0 Å². The Hall–Kier alpha value is -4.15. The van der Waals surface area contributed by atoms with Crippen molar-refractivity contribution in [1.29, 1.82) is 5.26 Å². The second kappa shape index (κ2) is 9.68. The minimum absolute atomic E-state index is 0.0924. The fraction of sp³-hybridized carbons (Fsp3) is 0.500. The minimum atomic E-state index is -0.883. The summed E-state index contributed by atoms with van der Waals surface area (Å²) < 4.78 is 40.7. The van der Waals surface area contributed by atoms with Crippen molar-refractivity contribution in [1.82, 2.24) is 30.2 Å². The fourth-order valence-corrected chi connectivity index (χ4v) is 7.76. The average Bonchev–Trinajstić information content (AvgIpc) is 3.73.